The molecule has 18 heavy (non-hydrogen) atoms. The average Bonchev–Trinajstić information content (AvgIpc) is 2.70. The molecule has 1 N–H and O–H groups in total. The zero-order valence-electron chi connectivity index (χ0n) is 11.2. The highest BCUT2D eigenvalue weighted by atomic mass is 16.5. The molecule has 96 valence electrons. The number of hydrogen-bond donors (Lipinski definition) is 1. The van der Waals surface area contributed by atoms with Crippen LogP contribution < -0.4 is 0 Å². The van der Waals surface area contributed by atoms with Crippen LogP contribution in [0, 0.1) is 0 Å². The molecule has 4 nitrogen and oxygen atoms in total. The van der Waals surface area contributed by atoms with Gasteiger partial charge in [0, 0.05) is 5.39 Å². The molecule has 0 spiro atoms. The smallest absolute Gasteiger partial charge is 0.359 e. The SMILES string of the molecule is CCOC(=O)c1n[nH]c2cc(C(C)(C)C)ccc12. The summed E-state index contributed by atoms with van der Waals surface area (Å²) in [5.74, 6) is -0.382. The maximum atomic E-state index is 11.7. The van der Waals surface area contributed by atoms with Crippen LogP contribution in [0.15, 0.2) is 18.2 Å². The highest BCUT2D eigenvalue weighted by Crippen LogP contribution is 2.26. The number of nitrogens with zero attached hydrogens (tertiary/aromatic N) is 1. The summed E-state index contributed by atoms with van der Waals surface area (Å²) in [6, 6.07) is 5.98. The van der Waals surface area contributed by atoms with Gasteiger partial charge in [0.1, 0.15) is 0 Å². The molecule has 1 heterocycles. The Morgan fingerprint density at radius 3 is 2.72 bits per heavy atom. The monoisotopic (exact) mass is 246 g/mol. The number of esters is 1. The first kappa shape index (κ1) is 12.6. The Kier molecular flexibility index (Phi) is 3.11. The lowest BCUT2D eigenvalue weighted by Crippen LogP contribution is -2.10. The van der Waals surface area contributed by atoms with Gasteiger partial charge in [0.25, 0.3) is 0 Å². The third-order valence-corrected chi connectivity index (χ3v) is 2.90. The minimum absolute atomic E-state index is 0.0728. The van der Waals surface area contributed by atoms with E-state index in [4.69, 9.17) is 4.74 Å². The third-order valence-electron chi connectivity index (χ3n) is 2.90. The van der Waals surface area contributed by atoms with Crippen LogP contribution in [-0.2, 0) is 10.2 Å². The molecule has 0 bridgehead atoms. The van der Waals surface area contributed by atoms with E-state index in [-0.39, 0.29) is 11.4 Å². The summed E-state index contributed by atoms with van der Waals surface area (Å²) in [5, 5.41) is 7.73. The number of aromatic nitrogens is 2. The standard InChI is InChI=1S/C14H18N2O2/c1-5-18-13(17)12-10-7-6-9(14(2,3)4)8-11(10)15-16-12/h6-8H,5H2,1-4H3,(H,15,16). The normalized spacial score (nSPS) is 11.8. The lowest BCUT2D eigenvalue weighted by molar-refractivity contribution is 0.0521. The van der Waals surface area contributed by atoms with Crippen molar-refractivity contribution in [1.82, 2.24) is 10.2 Å². The van der Waals surface area contributed by atoms with Crippen LogP contribution in [0.25, 0.3) is 10.9 Å². The van der Waals surface area contributed by atoms with Crippen LogP contribution in [0.2, 0.25) is 0 Å². The molecular formula is C14H18N2O2. The average molecular weight is 246 g/mol. The van der Waals surface area contributed by atoms with E-state index in [9.17, 15) is 4.79 Å². The van der Waals surface area contributed by atoms with Crippen LogP contribution in [0.1, 0.15) is 43.7 Å². The topological polar surface area (TPSA) is 55.0 Å². The van der Waals surface area contributed by atoms with Crippen LogP contribution in [-0.4, -0.2) is 22.8 Å². The summed E-state index contributed by atoms with van der Waals surface area (Å²) in [6.45, 7) is 8.59. The van der Waals surface area contributed by atoms with Gasteiger partial charge in [-0.1, -0.05) is 32.9 Å². The van der Waals surface area contributed by atoms with Crippen molar-refractivity contribution in [3.63, 3.8) is 0 Å². The number of nitrogens with one attached hydrogen (secondary N) is 1. The van der Waals surface area contributed by atoms with E-state index in [0.29, 0.717) is 12.3 Å². The first-order valence-electron chi connectivity index (χ1n) is 6.09. The summed E-state index contributed by atoms with van der Waals surface area (Å²) in [7, 11) is 0. The molecule has 0 atom stereocenters. The van der Waals surface area contributed by atoms with Gasteiger partial charge in [-0.3, -0.25) is 5.10 Å². The van der Waals surface area contributed by atoms with Crippen LogP contribution >= 0.6 is 0 Å². The number of H-pyrrole nitrogens is 1. The molecule has 0 unspecified atom stereocenters. The number of ether oxygens (including phenoxy) is 1. The molecule has 0 fully saturated rings. The summed E-state index contributed by atoms with van der Waals surface area (Å²) < 4.78 is 4.97. The number of carbonyl (C=O) groups excluding carboxylic acids is 1. The molecule has 0 aliphatic carbocycles. The second-order valence-corrected chi connectivity index (χ2v) is 5.30. The predicted molar refractivity (Wildman–Crippen MR) is 70.8 cm³/mol. The highest BCUT2D eigenvalue weighted by molar-refractivity contribution is 6.02. The number of fused-ring (bicyclic) bond motifs is 1. The Bertz CT molecular complexity index is 579. The summed E-state index contributed by atoms with van der Waals surface area (Å²) in [4.78, 5) is 11.7. The maximum Gasteiger partial charge on any atom is 0.359 e. The molecule has 2 rings (SSSR count). The summed E-state index contributed by atoms with van der Waals surface area (Å²) in [6.07, 6.45) is 0. The number of hydrogen-bond acceptors (Lipinski definition) is 3. The first-order valence-corrected chi connectivity index (χ1v) is 6.09. The largest absolute Gasteiger partial charge is 0.461 e. The number of aromatic amines is 1. The van der Waals surface area contributed by atoms with Gasteiger partial charge in [0.2, 0.25) is 0 Å². The van der Waals surface area contributed by atoms with Crippen molar-refractivity contribution in [3.8, 4) is 0 Å². The fourth-order valence-electron chi connectivity index (χ4n) is 1.84. The predicted octanol–water partition coefficient (Wildman–Crippen LogP) is 3.04. The van der Waals surface area contributed by atoms with Gasteiger partial charge in [0.15, 0.2) is 5.69 Å². The summed E-state index contributed by atoms with van der Waals surface area (Å²) in [5.41, 5.74) is 2.50. The van der Waals surface area contributed by atoms with Crippen molar-refractivity contribution in [3.05, 3.63) is 29.5 Å². The van der Waals surface area contributed by atoms with E-state index >= 15 is 0 Å². The summed E-state index contributed by atoms with van der Waals surface area (Å²) >= 11 is 0. The Hall–Kier alpha value is -1.84. The Morgan fingerprint density at radius 2 is 2.11 bits per heavy atom. The molecule has 0 saturated heterocycles. The molecule has 4 heteroatoms. The minimum atomic E-state index is -0.382. The minimum Gasteiger partial charge on any atom is -0.461 e. The zero-order valence-corrected chi connectivity index (χ0v) is 11.2. The molecule has 0 aliphatic heterocycles. The maximum absolute atomic E-state index is 11.7. The Labute approximate surface area is 106 Å². The molecule has 1 aromatic carbocycles. The van der Waals surface area contributed by atoms with E-state index in [1.54, 1.807) is 6.92 Å². The van der Waals surface area contributed by atoms with Crippen molar-refractivity contribution in [2.24, 2.45) is 0 Å². The molecule has 0 aliphatic rings. The third kappa shape index (κ3) is 2.23. The second kappa shape index (κ2) is 4.44. The first-order chi connectivity index (χ1) is 8.43. The number of rotatable bonds is 2. The quantitative estimate of drug-likeness (QED) is 0.829. The van der Waals surface area contributed by atoms with Crippen LogP contribution in [0.5, 0.6) is 0 Å². The fourth-order valence-corrected chi connectivity index (χ4v) is 1.84. The Balaban J connectivity index is 2.47. The molecule has 0 amide bonds. The van der Waals surface area contributed by atoms with Crippen molar-refractivity contribution >= 4 is 16.9 Å². The van der Waals surface area contributed by atoms with Crippen LogP contribution in [0.4, 0.5) is 0 Å². The number of carbonyl (C=O) groups is 1. The van der Waals surface area contributed by atoms with Gasteiger partial charge in [-0.2, -0.15) is 5.10 Å². The van der Waals surface area contributed by atoms with Crippen molar-refractivity contribution in [2.75, 3.05) is 6.61 Å². The van der Waals surface area contributed by atoms with Crippen LogP contribution in [0.3, 0.4) is 0 Å². The molecular weight excluding hydrogens is 228 g/mol. The molecule has 0 saturated carbocycles. The molecule has 0 radical (unpaired) electrons. The van der Waals surface area contributed by atoms with Crippen molar-refractivity contribution < 1.29 is 9.53 Å². The second-order valence-electron chi connectivity index (χ2n) is 5.30. The van der Waals surface area contributed by atoms with Gasteiger partial charge in [0.05, 0.1) is 12.1 Å². The van der Waals surface area contributed by atoms with Gasteiger partial charge < -0.3 is 4.74 Å². The van der Waals surface area contributed by atoms with Crippen molar-refractivity contribution in [2.45, 2.75) is 33.1 Å². The Morgan fingerprint density at radius 1 is 1.39 bits per heavy atom. The number of benzene rings is 1. The highest BCUT2D eigenvalue weighted by Gasteiger charge is 2.18. The van der Waals surface area contributed by atoms with Gasteiger partial charge >= 0.3 is 5.97 Å². The van der Waals surface area contributed by atoms with Gasteiger partial charge in [-0.15, -0.1) is 0 Å². The lowest BCUT2D eigenvalue weighted by atomic mass is 9.86. The van der Waals surface area contributed by atoms with Gasteiger partial charge in [-0.25, -0.2) is 4.79 Å². The zero-order chi connectivity index (χ0) is 13.3. The van der Waals surface area contributed by atoms with E-state index in [2.05, 4.69) is 31.0 Å². The van der Waals surface area contributed by atoms with E-state index in [0.717, 1.165) is 10.9 Å². The van der Waals surface area contributed by atoms with E-state index in [1.165, 1.54) is 5.56 Å². The fraction of sp³-hybridized carbons (Fsp3) is 0.429. The van der Waals surface area contributed by atoms with E-state index < -0.39 is 0 Å². The van der Waals surface area contributed by atoms with Gasteiger partial charge in [-0.05, 0) is 24.0 Å². The molecule has 2 aromatic rings. The van der Waals surface area contributed by atoms with Crippen molar-refractivity contribution in [1.29, 1.82) is 0 Å². The van der Waals surface area contributed by atoms with E-state index in [1.807, 2.05) is 18.2 Å². The molecule has 1 aromatic heterocycles. The lowest BCUT2D eigenvalue weighted by Gasteiger charge is -2.18.